The average Bonchev–Trinajstić information content (AvgIpc) is 2.59. The smallest absolute Gasteiger partial charge is 0.342 e. The van der Waals surface area contributed by atoms with Gasteiger partial charge in [-0.15, -0.1) is 0 Å². The van der Waals surface area contributed by atoms with Gasteiger partial charge in [-0.25, -0.2) is 4.79 Å². The molecule has 0 spiro atoms. The van der Waals surface area contributed by atoms with Gasteiger partial charge in [0.15, 0.2) is 6.61 Å². The van der Waals surface area contributed by atoms with Gasteiger partial charge < -0.3 is 19.9 Å². The van der Waals surface area contributed by atoms with E-state index in [-0.39, 0.29) is 24.5 Å². The molecule has 0 fully saturated rings. The van der Waals surface area contributed by atoms with Crippen molar-refractivity contribution in [2.45, 2.75) is 13.5 Å². The number of rotatable bonds is 8. The van der Waals surface area contributed by atoms with Crippen molar-refractivity contribution in [2.24, 2.45) is 5.73 Å². The van der Waals surface area contributed by atoms with Crippen LogP contribution in [0.3, 0.4) is 0 Å². The Hall–Kier alpha value is -3.02. The summed E-state index contributed by atoms with van der Waals surface area (Å²) in [5.41, 5.74) is 6.05. The van der Waals surface area contributed by atoms with Crippen LogP contribution in [0.15, 0.2) is 48.5 Å². The number of para-hydroxylation sites is 2. The Morgan fingerprint density at radius 3 is 2.33 bits per heavy atom. The molecule has 24 heavy (non-hydrogen) atoms. The number of hydrogen-bond donors (Lipinski definition) is 1. The van der Waals surface area contributed by atoms with Crippen LogP contribution in [0.1, 0.15) is 22.8 Å². The minimum atomic E-state index is -0.621. The van der Waals surface area contributed by atoms with Crippen LogP contribution in [0, 0.1) is 0 Å². The number of esters is 1. The zero-order valence-corrected chi connectivity index (χ0v) is 13.4. The molecule has 0 heterocycles. The Morgan fingerprint density at radius 2 is 1.62 bits per heavy atom. The second kappa shape index (κ2) is 8.57. The molecule has 1 amide bonds. The first kappa shape index (κ1) is 17.3. The number of primary amides is 1. The highest BCUT2D eigenvalue weighted by Crippen LogP contribution is 2.22. The molecule has 0 aliphatic rings. The largest absolute Gasteiger partial charge is 0.493 e. The van der Waals surface area contributed by atoms with Crippen LogP contribution in [0.4, 0.5) is 0 Å². The second-order valence-electron chi connectivity index (χ2n) is 4.87. The van der Waals surface area contributed by atoms with E-state index in [2.05, 4.69) is 0 Å². The van der Waals surface area contributed by atoms with Gasteiger partial charge in [0.05, 0.1) is 6.61 Å². The molecule has 126 valence electrons. The lowest BCUT2D eigenvalue weighted by Gasteiger charge is -2.12. The minimum Gasteiger partial charge on any atom is -0.493 e. The summed E-state index contributed by atoms with van der Waals surface area (Å²) >= 11 is 0. The van der Waals surface area contributed by atoms with Crippen molar-refractivity contribution < 1.29 is 23.8 Å². The monoisotopic (exact) mass is 329 g/mol. The Balaban J connectivity index is 2.07. The number of amides is 1. The van der Waals surface area contributed by atoms with Crippen molar-refractivity contribution in [3.05, 3.63) is 59.7 Å². The van der Waals surface area contributed by atoms with Gasteiger partial charge in [0, 0.05) is 5.56 Å². The first-order chi connectivity index (χ1) is 11.6. The van der Waals surface area contributed by atoms with E-state index in [0.29, 0.717) is 12.4 Å². The van der Waals surface area contributed by atoms with Crippen LogP contribution >= 0.6 is 0 Å². The minimum absolute atomic E-state index is 0.0686. The molecule has 0 aromatic heterocycles. The summed E-state index contributed by atoms with van der Waals surface area (Å²) in [4.78, 5) is 23.1. The fourth-order valence-electron chi connectivity index (χ4n) is 2.05. The summed E-state index contributed by atoms with van der Waals surface area (Å²) in [6.07, 6.45) is 0. The van der Waals surface area contributed by atoms with Gasteiger partial charge in [-0.1, -0.05) is 30.3 Å². The van der Waals surface area contributed by atoms with Gasteiger partial charge in [0.1, 0.15) is 23.7 Å². The molecule has 0 saturated heterocycles. The van der Waals surface area contributed by atoms with E-state index in [1.165, 1.54) is 0 Å². The molecule has 0 saturated carbocycles. The van der Waals surface area contributed by atoms with Crippen molar-refractivity contribution in [1.29, 1.82) is 0 Å². The summed E-state index contributed by atoms with van der Waals surface area (Å²) < 4.78 is 16.1. The van der Waals surface area contributed by atoms with E-state index in [9.17, 15) is 9.59 Å². The molecule has 2 aromatic carbocycles. The summed E-state index contributed by atoms with van der Waals surface area (Å²) in [5, 5.41) is 0. The summed E-state index contributed by atoms with van der Waals surface area (Å²) in [6.45, 7) is 2.17. The molecular formula is C18H19NO5. The van der Waals surface area contributed by atoms with Crippen LogP contribution in [0.25, 0.3) is 0 Å². The molecule has 2 N–H and O–H groups in total. The highest BCUT2D eigenvalue weighted by molar-refractivity contribution is 5.92. The lowest BCUT2D eigenvalue weighted by atomic mass is 10.2. The van der Waals surface area contributed by atoms with Crippen LogP contribution in [0.5, 0.6) is 11.5 Å². The molecule has 0 atom stereocenters. The number of benzene rings is 2. The van der Waals surface area contributed by atoms with Gasteiger partial charge >= 0.3 is 5.97 Å². The number of nitrogens with two attached hydrogens (primary N) is 1. The maximum atomic E-state index is 12.3. The van der Waals surface area contributed by atoms with Crippen molar-refractivity contribution in [1.82, 2.24) is 0 Å². The van der Waals surface area contributed by atoms with Crippen LogP contribution in [0.2, 0.25) is 0 Å². The summed E-state index contributed by atoms with van der Waals surface area (Å²) in [6, 6.07) is 13.9. The molecule has 0 bridgehead atoms. The van der Waals surface area contributed by atoms with E-state index >= 15 is 0 Å². The van der Waals surface area contributed by atoms with Crippen LogP contribution in [-0.4, -0.2) is 25.1 Å². The van der Waals surface area contributed by atoms with Gasteiger partial charge in [-0.05, 0) is 25.1 Å². The first-order valence-electron chi connectivity index (χ1n) is 7.49. The number of carbonyl (C=O) groups is 2. The quantitative estimate of drug-likeness (QED) is 0.751. The Bertz CT molecular complexity index is 714. The average molecular weight is 329 g/mol. The second-order valence-corrected chi connectivity index (χ2v) is 4.87. The van der Waals surface area contributed by atoms with Crippen LogP contribution in [-0.2, 0) is 16.1 Å². The first-order valence-corrected chi connectivity index (χ1v) is 7.49. The predicted octanol–water partition coefficient (Wildman–Crippen LogP) is 2.31. The maximum Gasteiger partial charge on any atom is 0.342 e. The van der Waals surface area contributed by atoms with Crippen molar-refractivity contribution in [2.75, 3.05) is 13.2 Å². The van der Waals surface area contributed by atoms with Gasteiger partial charge in [0.2, 0.25) is 0 Å². The molecule has 0 aliphatic carbocycles. The van der Waals surface area contributed by atoms with Crippen molar-refractivity contribution in [3.8, 4) is 11.5 Å². The molecule has 0 radical (unpaired) electrons. The summed E-state index contributed by atoms with van der Waals surface area (Å²) in [7, 11) is 0. The summed E-state index contributed by atoms with van der Waals surface area (Å²) in [5.74, 6) is -0.254. The van der Waals surface area contributed by atoms with Crippen molar-refractivity contribution in [3.63, 3.8) is 0 Å². The molecule has 6 nitrogen and oxygen atoms in total. The normalized spacial score (nSPS) is 10.0. The lowest BCUT2D eigenvalue weighted by Crippen LogP contribution is -2.21. The Labute approximate surface area is 140 Å². The maximum absolute atomic E-state index is 12.3. The Morgan fingerprint density at radius 1 is 0.958 bits per heavy atom. The van der Waals surface area contributed by atoms with E-state index in [1.54, 1.807) is 24.3 Å². The van der Waals surface area contributed by atoms with Crippen molar-refractivity contribution >= 4 is 11.9 Å². The predicted molar refractivity (Wildman–Crippen MR) is 87.9 cm³/mol. The lowest BCUT2D eigenvalue weighted by molar-refractivity contribution is -0.119. The molecule has 2 aromatic rings. The topological polar surface area (TPSA) is 87.8 Å². The fourth-order valence-corrected chi connectivity index (χ4v) is 2.05. The Kier molecular flexibility index (Phi) is 6.19. The third kappa shape index (κ3) is 4.74. The van der Waals surface area contributed by atoms with E-state index in [0.717, 1.165) is 5.56 Å². The highest BCUT2D eigenvalue weighted by Gasteiger charge is 2.15. The van der Waals surface area contributed by atoms with E-state index < -0.39 is 11.9 Å². The zero-order chi connectivity index (χ0) is 17.4. The standard InChI is InChI=1S/C18H19NO5/c1-2-22-15-9-5-3-7-13(15)11-24-18(21)14-8-4-6-10-16(14)23-12-17(19)20/h3-10H,2,11-12H2,1H3,(H2,19,20). The highest BCUT2D eigenvalue weighted by atomic mass is 16.5. The van der Waals surface area contributed by atoms with Crippen LogP contribution < -0.4 is 15.2 Å². The SMILES string of the molecule is CCOc1ccccc1COC(=O)c1ccccc1OCC(N)=O. The number of carbonyl (C=O) groups excluding carboxylic acids is 2. The third-order valence-corrected chi connectivity index (χ3v) is 3.11. The van der Waals surface area contributed by atoms with Gasteiger partial charge in [-0.3, -0.25) is 4.79 Å². The van der Waals surface area contributed by atoms with Gasteiger partial charge in [-0.2, -0.15) is 0 Å². The third-order valence-electron chi connectivity index (χ3n) is 3.11. The zero-order valence-electron chi connectivity index (χ0n) is 13.4. The van der Waals surface area contributed by atoms with Gasteiger partial charge in [0.25, 0.3) is 5.91 Å². The molecule has 0 aliphatic heterocycles. The number of ether oxygens (including phenoxy) is 3. The number of hydrogen-bond acceptors (Lipinski definition) is 5. The van der Waals surface area contributed by atoms with E-state index in [1.807, 2.05) is 31.2 Å². The molecule has 0 unspecified atom stereocenters. The molecular weight excluding hydrogens is 310 g/mol. The fraction of sp³-hybridized carbons (Fsp3) is 0.222. The molecule has 2 rings (SSSR count). The molecule has 6 heteroatoms. The van der Waals surface area contributed by atoms with E-state index in [4.69, 9.17) is 19.9 Å².